The van der Waals surface area contributed by atoms with Crippen LogP contribution in [0.3, 0.4) is 0 Å². The Balaban J connectivity index is 1.56. The third kappa shape index (κ3) is 2.49. The van der Waals surface area contributed by atoms with Crippen LogP contribution in [-0.2, 0) is 19.9 Å². The number of imide groups is 1. The van der Waals surface area contributed by atoms with Crippen LogP contribution in [0.1, 0.15) is 29.5 Å². The fourth-order valence-electron chi connectivity index (χ4n) is 6.72. The molecule has 4 aliphatic heterocycles. The summed E-state index contributed by atoms with van der Waals surface area (Å²) in [4.78, 5) is 55.7. The molecule has 3 saturated heterocycles. The molecule has 1 spiro atoms. The van der Waals surface area contributed by atoms with E-state index in [-0.39, 0.29) is 29.1 Å². The molecule has 10 heteroatoms. The first-order valence-electron chi connectivity index (χ1n) is 11.6. The van der Waals surface area contributed by atoms with E-state index in [1.54, 1.807) is 0 Å². The Kier molecular flexibility index (Phi) is 4.41. The lowest BCUT2D eigenvalue weighted by Crippen LogP contribution is -2.54. The first-order valence-corrected chi connectivity index (χ1v) is 11.6. The number of hydrogen-bond donors (Lipinski definition) is 1. The number of fused-ring (bicyclic) bond motifs is 7. The molecule has 4 atom stereocenters. The molecule has 3 amide bonds. The van der Waals surface area contributed by atoms with Gasteiger partial charge in [-0.15, -0.1) is 0 Å². The highest BCUT2D eigenvalue weighted by molar-refractivity contribution is 6.26. The summed E-state index contributed by atoms with van der Waals surface area (Å²) in [5.41, 5.74) is 1.85. The number of nitro groups is 1. The molecule has 0 unspecified atom stereocenters. The van der Waals surface area contributed by atoms with Crippen molar-refractivity contribution >= 4 is 34.8 Å². The zero-order chi connectivity index (χ0) is 24.8. The smallest absolute Gasteiger partial charge is 0.271 e. The van der Waals surface area contributed by atoms with Crippen molar-refractivity contribution in [1.82, 2.24) is 4.90 Å². The SMILES string of the molecule is COc1ccc([N+](=O)[O-])cc1N1C(=O)[C@H]2[C@@H](C1=O)[C@@]1(C(=O)Nc3c1ccc(C)c3C)N1CCC[C@@H]21. The molecule has 3 fully saturated rings. The van der Waals surface area contributed by atoms with Crippen molar-refractivity contribution in [3.05, 3.63) is 57.1 Å². The van der Waals surface area contributed by atoms with Gasteiger partial charge in [-0.2, -0.15) is 0 Å². The first-order chi connectivity index (χ1) is 16.7. The van der Waals surface area contributed by atoms with Gasteiger partial charge in [-0.05, 0) is 50.4 Å². The van der Waals surface area contributed by atoms with Crippen LogP contribution in [0.25, 0.3) is 0 Å². The lowest BCUT2D eigenvalue weighted by molar-refractivity contribution is -0.384. The summed E-state index contributed by atoms with van der Waals surface area (Å²) in [6.45, 7) is 4.50. The zero-order valence-corrected chi connectivity index (χ0v) is 19.5. The normalized spacial score (nSPS) is 28.9. The van der Waals surface area contributed by atoms with E-state index in [1.165, 1.54) is 25.3 Å². The number of nitrogens with zero attached hydrogens (tertiary/aromatic N) is 3. The molecule has 2 aromatic carbocycles. The summed E-state index contributed by atoms with van der Waals surface area (Å²) in [7, 11) is 1.38. The molecule has 0 saturated carbocycles. The Hall–Kier alpha value is -3.79. The second kappa shape index (κ2) is 7.11. The van der Waals surface area contributed by atoms with Gasteiger partial charge >= 0.3 is 0 Å². The van der Waals surface area contributed by atoms with Crippen molar-refractivity contribution in [1.29, 1.82) is 0 Å². The third-order valence-corrected chi connectivity index (χ3v) is 8.31. The number of anilines is 2. The van der Waals surface area contributed by atoms with Crippen LogP contribution in [0, 0.1) is 35.8 Å². The molecular formula is C25H24N4O6. The van der Waals surface area contributed by atoms with Crippen LogP contribution in [0.5, 0.6) is 5.75 Å². The lowest BCUT2D eigenvalue weighted by Gasteiger charge is -2.36. The quantitative estimate of drug-likeness (QED) is 0.411. The zero-order valence-electron chi connectivity index (χ0n) is 19.5. The molecule has 1 N–H and O–H groups in total. The largest absolute Gasteiger partial charge is 0.495 e. The van der Waals surface area contributed by atoms with Gasteiger partial charge in [-0.25, -0.2) is 4.90 Å². The predicted molar refractivity (Wildman–Crippen MR) is 125 cm³/mol. The molecule has 0 radical (unpaired) electrons. The highest BCUT2D eigenvalue weighted by Crippen LogP contribution is 2.61. The summed E-state index contributed by atoms with van der Waals surface area (Å²) in [5, 5.41) is 14.5. The first kappa shape index (κ1) is 21.7. The van der Waals surface area contributed by atoms with Gasteiger partial charge in [0.05, 0.1) is 23.9 Å². The number of carbonyl (C=O) groups excluding carboxylic acids is 3. The Bertz CT molecular complexity index is 1360. The molecule has 180 valence electrons. The van der Waals surface area contributed by atoms with Crippen LogP contribution in [-0.4, -0.2) is 47.2 Å². The average Bonchev–Trinajstić information content (AvgIpc) is 3.54. The monoisotopic (exact) mass is 476 g/mol. The highest BCUT2D eigenvalue weighted by atomic mass is 16.6. The second-order valence-electron chi connectivity index (χ2n) is 9.68. The van der Waals surface area contributed by atoms with Gasteiger partial charge in [0.25, 0.3) is 5.69 Å². The summed E-state index contributed by atoms with van der Waals surface area (Å²) < 4.78 is 5.36. The lowest BCUT2D eigenvalue weighted by atomic mass is 9.75. The molecule has 6 rings (SSSR count). The van der Waals surface area contributed by atoms with Crippen LogP contribution in [0.4, 0.5) is 17.1 Å². The number of nitro benzene ring substituents is 1. The average molecular weight is 476 g/mol. The maximum Gasteiger partial charge on any atom is 0.271 e. The van der Waals surface area contributed by atoms with Crippen LogP contribution < -0.4 is 15.0 Å². The molecule has 4 heterocycles. The van der Waals surface area contributed by atoms with Crippen LogP contribution in [0.15, 0.2) is 30.3 Å². The molecule has 0 bridgehead atoms. The van der Waals surface area contributed by atoms with Gasteiger partial charge in [0.15, 0.2) is 0 Å². The minimum absolute atomic E-state index is 0.0320. The van der Waals surface area contributed by atoms with Crippen LogP contribution >= 0.6 is 0 Å². The number of non-ortho nitro benzene ring substituents is 1. The number of carbonyl (C=O) groups is 3. The number of ether oxygens (including phenoxy) is 1. The number of rotatable bonds is 3. The van der Waals surface area contributed by atoms with E-state index < -0.39 is 34.1 Å². The van der Waals surface area contributed by atoms with E-state index in [2.05, 4.69) is 10.2 Å². The third-order valence-electron chi connectivity index (χ3n) is 8.31. The standard InChI is InChI=1S/C25H24N4O6/c1-12-6-8-15-21(13(12)2)26-24(32)25(15)20-19(16-5-4-10-27(16)25)22(30)28(23(20)31)17-11-14(29(33)34)7-9-18(17)35-3/h6-9,11,16,19-20H,4-5,10H2,1-3H3,(H,26,32)/t16-,19+,20-,25-/m0/s1. The molecule has 35 heavy (non-hydrogen) atoms. The number of amides is 3. The fraction of sp³-hybridized carbons (Fsp3) is 0.400. The molecular weight excluding hydrogens is 452 g/mol. The molecule has 0 aromatic heterocycles. The summed E-state index contributed by atoms with van der Waals surface area (Å²) in [5.74, 6) is -2.76. The minimum Gasteiger partial charge on any atom is -0.495 e. The van der Waals surface area contributed by atoms with Gasteiger partial charge in [-0.1, -0.05) is 12.1 Å². The van der Waals surface area contributed by atoms with Crippen molar-refractivity contribution in [2.75, 3.05) is 23.9 Å². The van der Waals surface area contributed by atoms with E-state index in [4.69, 9.17) is 4.74 Å². The maximum absolute atomic E-state index is 14.1. The number of methoxy groups -OCH3 is 1. The fourth-order valence-corrected chi connectivity index (χ4v) is 6.72. The van der Waals surface area contributed by atoms with Crippen molar-refractivity contribution < 1.29 is 24.0 Å². The van der Waals surface area contributed by atoms with Crippen molar-refractivity contribution in [2.24, 2.45) is 11.8 Å². The Morgan fingerprint density at radius 1 is 1.14 bits per heavy atom. The molecule has 0 aliphatic carbocycles. The van der Waals surface area contributed by atoms with Gasteiger partial charge in [0.2, 0.25) is 17.7 Å². The second-order valence-corrected chi connectivity index (χ2v) is 9.68. The number of hydrogen-bond acceptors (Lipinski definition) is 7. The number of nitrogens with one attached hydrogen (secondary N) is 1. The topological polar surface area (TPSA) is 122 Å². The van der Waals surface area contributed by atoms with Crippen molar-refractivity contribution in [3.63, 3.8) is 0 Å². The van der Waals surface area contributed by atoms with E-state index in [1.807, 2.05) is 26.0 Å². The molecule has 4 aliphatic rings. The maximum atomic E-state index is 14.1. The number of aryl methyl sites for hydroxylation is 1. The number of benzene rings is 2. The Labute approximate surface area is 201 Å². The van der Waals surface area contributed by atoms with Gasteiger partial charge < -0.3 is 10.1 Å². The summed E-state index contributed by atoms with van der Waals surface area (Å²) in [6.07, 6.45) is 1.50. The molecule has 2 aromatic rings. The Morgan fingerprint density at radius 2 is 1.91 bits per heavy atom. The van der Waals surface area contributed by atoms with Gasteiger partial charge in [0, 0.05) is 29.4 Å². The van der Waals surface area contributed by atoms with E-state index >= 15 is 0 Å². The summed E-state index contributed by atoms with van der Waals surface area (Å²) in [6, 6.07) is 7.39. The van der Waals surface area contributed by atoms with Crippen molar-refractivity contribution in [3.8, 4) is 5.75 Å². The molecule has 10 nitrogen and oxygen atoms in total. The van der Waals surface area contributed by atoms with Crippen molar-refractivity contribution in [2.45, 2.75) is 38.3 Å². The highest BCUT2D eigenvalue weighted by Gasteiger charge is 2.75. The minimum atomic E-state index is -1.30. The predicted octanol–water partition coefficient (Wildman–Crippen LogP) is 2.65. The van der Waals surface area contributed by atoms with Gasteiger partial charge in [0.1, 0.15) is 17.0 Å². The van der Waals surface area contributed by atoms with E-state index in [0.29, 0.717) is 18.7 Å². The van der Waals surface area contributed by atoms with E-state index in [0.717, 1.165) is 28.0 Å². The Morgan fingerprint density at radius 3 is 2.63 bits per heavy atom. The van der Waals surface area contributed by atoms with Gasteiger partial charge in [-0.3, -0.25) is 29.4 Å². The van der Waals surface area contributed by atoms with Crippen LogP contribution in [0.2, 0.25) is 0 Å². The van der Waals surface area contributed by atoms with E-state index in [9.17, 15) is 24.5 Å². The summed E-state index contributed by atoms with van der Waals surface area (Å²) >= 11 is 0.